The molecule has 2 amide bonds. The minimum Gasteiger partial charge on any atom is -0.508 e. The Labute approximate surface area is 206 Å². The summed E-state index contributed by atoms with van der Waals surface area (Å²) >= 11 is 0. The Bertz CT molecular complexity index is 1050. The van der Waals surface area contributed by atoms with E-state index < -0.39 is 24.0 Å². The number of Topliss-reactive ketones (excluding diaryl/α,β-unsaturated/α-hetero) is 1. The highest BCUT2D eigenvalue weighted by Crippen LogP contribution is 2.21. The van der Waals surface area contributed by atoms with Crippen LogP contribution in [0.15, 0.2) is 42.5 Å². The SMILES string of the molecule is CC(=O)[C@H](Cc1ccc(O)c(C)c1)N(C)C(=O)[C@H](C(C)C)N(C)C(=O)[C@@H](N)Cc1ccc(F)cc1. The highest BCUT2D eigenvalue weighted by Gasteiger charge is 2.36. The fraction of sp³-hybridized carbons (Fsp3) is 0.444. The Balaban J connectivity index is 2.21. The number of ketones is 1. The van der Waals surface area contributed by atoms with E-state index in [9.17, 15) is 23.9 Å². The Morgan fingerprint density at radius 2 is 1.51 bits per heavy atom. The Kier molecular flexibility index (Phi) is 9.54. The number of hydrogen-bond donors (Lipinski definition) is 2. The number of nitrogens with zero attached hydrogens (tertiary/aromatic N) is 2. The second-order valence-electron chi connectivity index (χ2n) is 9.48. The maximum Gasteiger partial charge on any atom is 0.245 e. The van der Waals surface area contributed by atoms with Crippen LogP contribution in [-0.4, -0.2) is 64.7 Å². The third-order valence-corrected chi connectivity index (χ3v) is 6.31. The highest BCUT2D eigenvalue weighted by molar-refractivity contribution is 5.93. The molecule has 0 aliphatic heterocycles. The molecule has 0 aromatic heterocycles. The predicted octanol–water partition coefficient (Wildman–Crippen LogP) is 2.85. The maximum atomic E-state index is 13.6. The molecule has 35 heavy (non-hydrogen) atoms. The van der Waals surface area contributed by atoms with Gasteiger partial charge in [-0.25, -0.2) is 4.39 Å². The van der Waals surface area contributed by atoms with Crippen molar-refractivity contribution in [3.63, 3.8) is 0 Å². The van der Waals surface area contributed by atoms with Crippen LogP contribution in [0, 0.1) is 18.7 Å². The molecule has 0 heterocycles. The zero-order valence-corrected chi connectivity index (χ0v) is 21.3. The number of phenols is 1. The summed E-state index contributed by atoms with van der Waals surface area (Å²) in [6, 6.07) is 8.37. The molecule has 0 spiro atoms. The number of nitrogens with two attached hydrogens (primary N) is 1. The molecule has 190 valence electrons. The van der Waals surface area contributed by atoms with Gasteiger partial charge in [-0.3, -0.25) is 14.4 Å². The molecule has 8 heteroatoms. The van der Waals surface area contributed by atoms with Gasteiger partial charge in [-0.2, -0.15) is 0 Å². The van der Waals surface area contributed by atoms with E-state index >= 15 is 0 Å². The summed E-state index contributed by atoms with van der Waals surface area (Å²) in [5, 5.41) is 9.79. The lowest BCUT2D eigenvalue weighted by Gasteiger charge is -2.37. The number of amides is 2. The van der Waals surface area contributed by atoms with Gasteiger partial charge in [-0.1, -0.05) is 38.1 Å². The number of phenolic OH excluding ortho intramolecular Hbond substituents is 1. The van der Waals surface area contributed by atoms with Gasteiger partial charge in [0.2, 0.25) is 11.8 Å². The number of rotatable bonds is 10. The van der Waals surface area contributed by atoms with Crippen molar-refractivity contribution in [2.75, 3.05) is 14.1 Å². The van der Waals surface area contributed by atoms with E-state index in [-0.39, 0.29) is 42.0 Å². The summed E-state index contributed by atoms with van der Waals surface area (Å²) in [5.41, 5.74) is 8.36. The van der Waals surface area contributed by atoms with Gasteiger partial charge in [0.05, 0.1) is 12.1 Å². The van der Waals surface area contributed by atoms with Crippen LogP contribution >= 0.6 is 0 Å². The molecule has 0 aliphatic rings. The lowest BCUT2D eigenvalue weighted by Crippen LogP contribution is -2.57. The average molecular weight is 486 g/mol. The topological polar surface area (TPSA) is 104 Å². The Morgan fingerprint density at radius 3 is 2.03 bits per heavy atom. The third kappa shape index (κ3) is 7.11. The smallest absolute Gasteiger partial charge is 0.245 e. The standard InChI is InChI=1S/C27H36FN3O4/c1-16(2)25(31(6)26(34)22(29)14-19-7-10-21(28)11-8-19)27(35)30(5)23(18(4)32)15-20-9-12-24(33)17(3)13-20/h7-13,16,22-23,25,33H,14-15,29H2,1-6H3/t22-,23-,25-/m0/s1. The number of likely N-dealkylation sites (N-methyl/N-ethyl adjacent to an activating group) is 2. The Morgan fingerprint density at radius 1 is 0.943 bits per heavy atom. The first-order valence-electron chi connectivity index (χ1n) is 11.7. The van der Waals surface area contributed by atoms with Crippen molar-refractivity contribution < 1.29 is 23.9 Å². The van der Waals surface area contributed by atoms with E-state index in [1.54, 1.807) is 44.3 Å². The summed E-state index contributed by atoms with van der Waals surface area (Å²) in [6.45, 7) is 6.86. The third-order valence-electron chi connectivity index (χ3n) is 6.31. The summed E-state index contributed by atoms with van der Waals surface area (Å²) in [7, 11) is 3.10. The second-order valence-corrected chi connectivity index (χ2v) is 9.48. The van der Waals surface area contributed by atoms with Crippen molar-refractivity contribution in [3.05, 3.63) is 65.0 Å². The average Bonchev–Trinajstić information content (AvgIpc) is 2.79. The van der Waals surface area contributed by atoms with E-state index in [1.807, 2.05) is 13.8 Å². The van der Waals surface area contributed by atoms with E-state index in [4.69, 9.17) is 5.73 Å². The van der Waals surface area contributed by atoms with Crippen LogP contribution in [0.1, 0.15) is 37.5 Å². The van der Waals surface area contributed by atoms with Crippen LogP contribution in [0.5, 0.6) is 5.75 Å². The normalized spacial score (nSPS) is 13.7. The van der Waals surface area contributed by atoms with E-state index in [2.05, 4.69) is 0 Å². The van der Waals surface area contributed by atoms with Crippen LogP contribution in [0.25, 0.3) is 0 Å². The fourth-order valence-electron chi connectivity index (χ4n) is 4.24. The number of benzene rings is 2. The van der Waals surface area contributed by atoms with E-state index in [0.29, 0.717) is 11.1 Å². The molecular formula is C27H36FN3O4. The van der Waals surface area contributed by atoms with Gasteiger partial charge < -0.3 is 20.6 Å². The van der Waals surface area contributed by atoms with Crippen LogP contribution in [0.3, 0.4) is 0 Å². The van der Waals surface area contributed by atoms with Crippen molar-refractivity contribution in [2.24, 2.45) is 11.7 Å². The number of aryl methyl sites for hydroxylation is 1. The fourth-order valence-corrected chi connectivity index (χ4v) is 4.24. The van der Waals surface area contributed by atoms with E-state index in [1.165, 1.54) is 35.9 Å². The molecule has 0 bridgehead atoms. The van der Waals surface area contributed by atoms with E-state index in [0.717, 1.165) is 5.56 Å². The zero-order chi connectivity index (χ0) is 26.4. The second kappa shape index (κ2) is 11.9. The van der Waals surface area contributed by atoms with Gasteiger partial charge in [-0.15, -0.1) is 0 Å². The molecule has 0 radical (unpaired) electrons. The number of aromatic hydroxyl groups is 1. The van der Waals surface area contributed by atoms with Crippen molar-refractivity contribution in [1.29, 1.82) is 0 Å². The van der Waals surface area contributed by atoms with Gasteiger partial charge in [0.25, 0.3) is 0 Å². The molecule has 7 nitrogen and oxygen atoms in total. The molecule has 2 aromatic rings. The first-order valence-corrected chi connectivity index (χ1v) is 11.7. The minimum absolute atomic E-state index is 0.162. The lowest BCUT2D eigenvalue weighted by molar-refractivity contribution is -0.149. The van der Waals surface area contributed by atoms with Gasteiger partial charge in [0.15, 0.2) is 5.78 Å². The maximum absolute atomic E-state index is 13.6. The van der Waals surface area contributed by atoms with Gasteiger partial charge in [-0.05, 0) is 67.5 Å². The molecule has 0 saturated carbocycles. The highest BCUT2D eigenvalue weighted by atomic mass is 19.1. The van der Waals surface area contributed by atoms with Crippen molar-refractivity contribution in [3.8, 4) is 5.75 Å². The molecular weight excluding hydrogens is 449 g/mol. The first-order chi connectivity index (χ1) is 16.3. The molecule has 0 aliphatic carbocycles. The van der Waals surface area contributed by atoms with Gasteiger partial charge >= 0.3 is 0 Å². The largest absolute Gasteiger partial charge is 0.508 e. The van der Waals surface area contributed by atoms with Crippen LogP contribution in [-0.2, 0) is 27.2 Å². The first kappa shape index (κ1) is 28.0. The molecule has 3 N–H and O–H groups in total. The minimum atomic E-state index is -0.909. The summed E-state index contributed by atoms with van der Waals surface area (Å²) in [4.78, 5) is 41.9. The molecule has 0 fully saturated rings. The number of carbonyl (C=O) groups is 3. The molecule has 3 atom stereocenters. The van der Waals surface area contributed by atoms with Crippen LogP contribution < -0.4 is 5.73 Å². The quantitative estimate of drug-likeness (QED) is 0.539. The summed E-state index contributed by atoms with van der Waals surface area (Å²) < 4.78 is 13.2. The zero-order valence-electron chi connectivity index (χ0n) is 21.3. The van der Waals surface area contributed by atoms with Gasteiger partial charge in [0, 0.05) is 14.1 Å². The predicted molar refractivity (Wildman–Crippen MR) is 133 cm³/mol. The van der Waals surface area contributed by atoms with Crippen molar-refractivity contribution >= 4 is 17.6 Å². The number of halogens is 1. The molecule has 2 rings (SSSR count). The molecule has 0 unspecified atom stereocenters. The molecule has 2 aromatic carbocycles. The lowest BCUT2D eigenvalue weighted by atomic mass is 9.96. The van der Waals surface area contributed by atoms with Crippen molar-refractivity contribution in [2.45, 2.75) is 58.7 Å². The van der Waals surface area contributed by atoms with Crippen LogP contribution in [0.4, 0.5) is 4.39 Å². The summed E-state index contributed by atoms with van der Waals surface area (Å²) in [5.74, 6) is -1.41. The number of carbonyl (C=O) groups excluding carboxylic acids is 3. The monoisotopic (exact) mass is 485 g/mol. The Hall–Kier alpha value is -3.26. The van der Waals surface area contributed by atoms with Crippen LogP contribution in [0.2, 0.25) is 0 Å². The van der Waals surface area contributed by atoms with Crippen molar-refractivity contribution in [1.82, 2.24) is 9.80 Å². The number of hydrogen-bond acceptors (Lipinski definition) is 5. The molecule has 0 saturated heterocycles. The van der Waals surface area contributed by atoms with Gasteiger partial charge in [0.1, 0.15) is 17.6 Å². The summed E-state index contributed by atoms with van der Waals surface area (Å²) in [6.07, 6.45) is 0.486.